The van der Waals surface area contributed by atoms with Gasteiger partial charge >= 0.3 is 0 Å². The summed E-state index contributed by atoms with van der Waals surface area (Å²) < 4.78 is 19.3. The van der Waals surface area contributed by atoms with Gasteiger partial charge in [-0.15, -0.1) is 0 Å². The van der Waals surface area contributed by atoms with Gasteiger partial charge in [0, 0.05) is 6.61 Å². The van der Waals surface area contributed by atoms with E-state index in [2.05, 4.69) is 0 Å². The Morgan fingerprint density at radius 3 is 2.48 bits per heavy atom. The molecule has 3 rings (SSSR count). The van der Waals surface area contributed by atoms with E-state index in [4.69, 9.17) is 10.5 Å². The van der Waals surface area contributed by atoms with Gasteiger partial charge < -0.3 is 10.5 Å². The Labute approximate surface area is 126 Å². The number of hydrogen-bond acceptors (Lipinski definition) is 2. The van der Waals surface area contributed by atoms with Crippen LogP contribution in [0.15, 0.2) is 24.3 Å². The molecule has 1 heterocycles. The predicted molar refractivity (Wildman–Crippen MR) is 82.6 cm³/mol. The summed E-state index contributed by atoms with van der Waals surface area (Å²) in [5.74, 6) is -0.161. The third-order valence-corrected chi connectivity index (χ3v) is 5.42. The first kappa shape index (κ1) is 15.0. The molecule has 21 heavy (non-hydrogen) atoms. The van der Waals surface area contributed by atoms with Gasteiger partial charge in [-0.3, -0.25) is 0 Å². The van der Waals surface area contributed by atoms with Crippen LogP contribution < -0.4 is 5.73 Å². The molecule has 2 nitrogen and oxygen atoms in total. The van der Waals surface area contributed by atoms with Crippen molar-refractivity contribution in [2.24, 2.45) is 11.1 Å². The van der Waals surface area contributed by atoms with Crippen LogP contribution in [-0.4, -0.2) is 18.8 Å². The normalized spacial score (nSPS) is 28.1. The molecular formula is C18H26FNO. The SMILES string of the molecule is NCCC1(Cc2ccc(F)cc2)CCOC2(CCCC2)C1. The van der Waals surface area contributed by atoms with Crippen LogP contribution in [0.5, 0.6) is 0 Å². The Balaban J connectivity index is 1.79. The molecule has 1 saturated heterocycles. The van der Waals surface area contributed by atoms with Crippen molar-refractivity contribution in [1.82, 2.24) is 0 Å². The van der Waals surface area contributed by atoms with E-state index in [1.54, 1.807) is 12.1 Å². The summed E-state index contributed by atoms with van der Waals surface area (Å²) >= 11 is 0. The Kier molecular flexibility index (Phi) is 4.32. The number of ether oxygens (including phenoxy) is 1. The van der Waals surface area contributed by atoms with Crippen molar-refractivity contribution in [3.63, 3.8) is 0 Å². The molecule has 2 aliphatic rings. The topological polar surface area (TPSA) is 35.2 Å². The minimum absolute atomic E-state index is 0.105. The van der Waals surface area contributed by atoms with E-state index >= 15 is 0 Å². The molecule has 0 amide bonds. The van der Waals surface area contributed by atoms with E-state index in [0.29, 0.717) is 0 Å². The summed E-state index contributed by atoms with van der Waals surface area (Å²) in [7, 11) is 0. The molecule has 0 bridgehead atoms. The molecule has 1 aromatic carbocycles. The Hall–Kier alpha value is -0.930. The maximum atomic E-state index is 13.1. The third kappa shape index (κ3) is 3.29. The quantitative estimate of drug-likeness (QED) is 0.915. The molecule has 2 N–H and O–H groups in total. The first-order chi connectivity index (χ1) is 10.2. The summed E-state index contributed by atoms with van der Waals surface area (Å²) in [4.78, 5) is 0. The summed E-state index contributed by atoms with van der Waals surface area (Å²) in [6.45, 7) is 1.57. The molecule has 2 fully saturated rings. The van der Waals surface area contributed by atoms with Gasteiger partial charge in [-0.05, 0) is 68.2 Å². The fraction of sp³-hybridized carbons (Fsp3) is 0.667. The smallest absolute Gasteiger partial charge is 0.123 e. The maximum absolute atomic E-state index is 13.1. The standard InChI is InChI=1S/C18H26FNO/c19-16-5-3-15(4-6-16)13-17(9-11-20)10-12-21-18(14-17)7-1-2-8-18/h3-6H,1-2,7-14,20H2. The van der Waals surface area contributed by atoms with Crippen molar-refractivity contribution in [2.45, 2.75) is 57.0 Å². The van der Waals surface area contributed by atoms with Crippen molar-refractivity contribution in [3.8, 4) is 0 Å². The minimum Gasteiger partial charge on any atom is -0.375 e. The zero-order valence-electron chi connectivity index (χ0n) is 12.7. The van der Waals surface area contributed by atoms with Crippen LogP contribution in [-0.2, 0) is 11.2 Å². The van der Waals surface area contributed by atoms with Gasteiger partial charge in [0.25, 0.3) is 0 Å². The Morgan fingerprint density at radius 2 is 1.81 bits per heavy atom. The Morgan fingerprint density at radius 1 is 1.10 bits per heavy atom. The minimum atomic E-state index is -0.161. The van der Waals surface area contributed by atoms with Crippen molar-refractivity contribution < 1.29 is 9.13 Å². The van der Waals surface area contributed by atoms with Crippen molar-refractivity contribution in [2.75, 3.05) is 13.2 Å². The number of halogens is 1. The zero-order chi connectivity index (χ0) is 14.8. The summed E-state index contributed by atoms with van der Waals surface area (Å²) in [5.41, 5.74) is 7.47. The maximum Gasteiger partial charge on any atom is 0.123 e. The van der Waals surface area contributed by atoms with E-state index < -0.39 is 0 Å². The molecule has 1 aliphatic heterocycles. The fourth-order valence-electron chi connectivity index (χ4n) is 4.44. The highest BCUT2D eigenvalue weighted by Gasteiger charge is 2.46. The van der Waals surface area contributed by atoms with E-state index in [0.717, 1.165) is 38.8 Å². The van der Waals surface area contributed by atoms with Gasteiger partial charge in [0.15, 0.2) is 0 Å². The highest BCUT2D eigenvalue weighted by Crippen LogP contribution is 2.50. The van der Waals surface area contributed by atoms with Crippen molar-refractivity contribution in [1.29, 1.82) is 0 Å². The van der Waals surface area contributed by atoms with E-state index in [1.165, 1.54) is 31.2 Å². The average molecular weight is 291 g/mol. The number of nitrogens with two attached hydrogens (primary N) is 1. The van der Waals surface area contributed by atoms with Crippen LogP contribution in [0.1, 0.15) is 50.5 Å². The lowest BCUT2D eigenvalue weighted by Gasteiger charge is -2.47. The molecule has 3 heteroatoms. The average Bonchev–Trinajstić information content (AvgIpc) is 2.89. The second-order valence-electron chi connectivity index (χ2n) is 7.01. The van der Waals surface area contributed by atoms with Crippen LogP contribution in [0, 0.1) is 11.2 Å². The predicted octanol–water partition coefficient (Wildman–Crippen LogP) is 3.83. The first-order valence-electron chi connectivity index (χ1n) is 8.24. The van der Waals surface area contributed by atoms with E-state index in [1.807, 2.05) is 12.1 Å². The Bertz CT molecular complexity index is 463. The lowest BCUT2D eigenvalue weighted by Crippen LogP contribution is -2.45. The molecule has 116 valence electrons. The second kappa shape index (κ2) is 6.05. The van der Waals surface area contributed by atoms with Gasteiger partial charge in [-0.25, -0.2) is 4.39 Å². The van der Waals surface area contributed by atoms with Gasteiger partial charge in [0.1, 0.15) is 5.82 Å². The molecule has 0 radical (unpaired) electrons. The van der Waals surface area contributed by atoms with Gasteiger partial charge in [-0.2, -0.15) is 0 Å². The zero-order valence-corrected chi connectivity index (χ0v) is 12.7. The number of benzene rings is 1. The number of hydrogen-bond donors (Lipinski definition) is 1. The highest BCUT2D eigenvalue weighted by molar-refractivity contribution is 5.18. The molecule has 1 unspecified atom stereocenters. The van der Waals surface area contributed by atoms with Crippen LogP contribution in [0.25, 0.3) is 0 Å². The van der Waals surface area contributed by atoms with Crippen LogP contribution in [0.2, 0.25) is 0 Å². The van der Waals surface area contributed by atoms with Crippen LogP contribution in [0.3, 0.4) is 0 Å². The highest BCUT2D eigenvalue weighted by atomic mass is 19.1. The summed E-state index contributed by atoms with van der Waals surface area (Å²) in [5, 5.41) is 0. The molecular weight excluding hydrogens is 265 g/mol. The van der Waals surface area contributed by atoms with Crippen LogP contribution >= 0.6 is 0 Å². The molecule has 1 saturated carbocycles. The lowest BCUT2D eigenvalue weighted by atomic mass is 9.67. The first-order valence-corrected chi connectivity index (χ1v) is 8.24. The molecule has 1 atom stereocenters. The van der Waals surface area contributed by atoms with Gasteiger partial charge in [-0.1, -0.05) is 25.0 Å². The monoisotopic (exact) mass is 291 g/mol. The number of rotatable bonds is 4. The fourth-order valence-corrected chi connectivity index (χ4v) is 4.44. The van der Waals surface area contributed by atoms with E-state index in [9.17, 15) is 4.39 Å². The molecule has 0 aromatic heterocycles. The molecule has 1 aromatic rings. The van der Waals surface area contributed by atoms with Crippen molar-refractivity contribution in [3.05, 3.63) is 35.6 Å². The molecule has 1 spiro atoms. The molecule has 1 aliphatic carbocycles. The summed E-state index contributed by atoms with van der Waals surface area (Å²) in [6.07, 6.45) is 9.19. The van der Waals surface area contributed by atoms with Crippen molar-refractivity contribution >= 4 is 0 Å². The van der Waals surface area contributed by atoms with E-state index in [-0.39, 0.29) is 16.8 Å². The second-order valence-corrected chi connectivity index (χ2v) is 7.01. The van der Waals surface area contributed by atoms with Crippen LogP contribution in [0.4, 0.5) is 4.39 Å². The van der Waals surface area contributed by atoms with Gasteiger partial charge in [0.2, 0.25) is 0 Å². The third-order valence-electron chi connectivity index (χ3n) is 5.42. The summed E-state index contributed by atoms with van der Waals surface area (Å²) in [6, 6.07) is 6.97. The largest absolute Gasteiger partial charge is 0.375 e. The van der Waals surface area contributed by atoms with Gasteiger partial charge in [0.05, 0.1) is 5.60 Å². The lowest BCUT2D eigenvalue weighted by molar-refractivity contribution is -0.124.